The van der Waals surface area contributed by atoms with E-state index in [0.717, 1.165) is 35.7 Å². The molecule has 1 fully saturated rings. The van der Waals surface area contributed by atoms with E-state index in [2.05, 4.69) is 23.2 Å². The smallest absolute Gasteiger partial charge is 0.407 e. The van der Waals surface area contributed by atoms with Gasteiger partial charge in [-0.1, -0.05) is 36.7 Å². The molecule has 6 heteroatoms. The number of anilines is 1. The zero-order chi connectivity index (χ0) is 18.3. The van der Waals surface area contributed by atoms with E-state index >= 15 is 0 Å². The second-order valence-corrected chi connectivity index (χ2v) is 7.25. The van der Waals surface area contributed by atoms with Gasteiger partial charge in [0.25, 0.3) is 0 Å². The molecule has 0 unspecified atom stereocenters. The highest BCUT2D eigenvalue weighted by Gasteiger charge is 2.42. The Balaban J connectivity index is 1.87. The Morgan fingerprint density at radius 3 is 2.88 bits per heavy atom. The summed E-state index contributed by atoms with van der Waals surface area (Å²) in [5.41, 5.74) is 2.00. The Labute approximate surface area is 157 Å². The second-order valence-electron chi connectivity index (χ2n) is 6.82. The predicted molar refractivity (Wildman–Crippen MR) is 101 cm³/mol. The molecule has 1 amide bonds. The lowest BCUT2D eigenvalue weighted by atomic mass is 9.82. The maximum absolute atomic E-state index is 12.0. The number of hydrogen-bond donors (Lipinski definition) is 1. The van der Waals surface area contributed by atoms with E-state index in [1.54, 1.807) is 0 Å². The minimum atomic E-state index is -0.419. The maximum atomic E-state index is 12.0. The SMILES string of the molecule is COC(=O)N[C@H]1[C@@H](C)CCN2c3cc(Cl)ccc3Oc3ccccc3[C@@H]12. The molecular formula is C20H21ClN2O3. The van der Waals surface area contributed by atoms with Gasteiger partial charge in [-0.15, -0.1) is 0 Å². The third-order valence-electron chi connectivity index (χ3n) is 5.27. The summed E-state index contributed by atoms with van der Waals surface area (Å²) < 4.78 is 11.1. The molecule has 0 bridgehead atoms. The number of nitrogens with one attached hydrogen (secondary N) is 1. The van der Waals surface area contributed by atoms with E-state index in [-0.39, 0.29) is 12.1 Å². The third kappa shape index (κ3) is 2.86. The molecule has 0 radical (unpaired) electrons. The number of carbonyl (C=O) groups excluding carboxylic acids is 1. The van der Waals surface area contributed by atoms with Gasteiger partial charge in [0.05, 0.1) is 24.9 Å². The number of halogens is 1. The van der Waals surface area contributed by atoms with Crippen molar-refractivity contribution in [2.45, 2.75) is 25.4 Å². The number of para-hydroxylation sites is 1. The number of rotatable bonds is 1. The van der Waals surface area contributed by atoms with E-state index in [1.807, 2.05) is 36.4 Å². The van der Waals surface area contributed by atoms with Crippen molar-refractivity contribution in [3.63, 3.8) is 0 Å². The quantitative estimate of drug-likeness (QED) is 0.784. The molecule has 1 N–H and O–H groups in total. The highest BCUT2D eigenvalue weighted by atomic mass is 35.5. The van der Waals surface area contributed by atoms with Crippen LogP contribution >= 0.6 is 11.6 Å². The summed E-state index contributed by atoms with van der Waals surface area (Å²) in [6, 6.07) is 13.5. The van der Waals surface area contributed by atoms with Crippen molar-refractivity contribution >= 4 is 23.4 Å². The molecule has 0 spiro atoms. The van der Waals surface area contributed by atoms with Gasteiger partial charge in [-0.3, -0.25) is 0 Å². The number of benzene rings is 2. The van der Waals surface area contributed by atoms with Crippen LogP contribution in [0.4, 0.5) is 10.5 Å². The minimum absolute atomic E-state index is 0.0613. The normalized spacial score (nSPS) is 23.7. The number of fused-ring (bicyclic) bond motifs is 5. The van der Waals surface area contributed by atoms with E-state index in [0.29, 0.717) is 10.9 Å². The molecule has 0 aliphatic carbocycles. The van der Waals surface area contributed by atoms with Gasteiger partial charge in [0.2, 0.25) is 0 Å². The molecule has 2 heterocycles. The van der Waals surface area contributed by atoms with Gasteiger partial charge < -0.3 is 19.7 Å². The zero-order valence-electron chi connectivity index (χ0n) is 14.7. The van der Waals surface area contributed by atoms with Gasteiger partial charge in [0.1, 0.15) is 5.75 Å². The van der Waals surface area contributed by atoms with Gasteiger partial charge in [-0.25, -0.2) is 4.79 Å². The fourth-order valence-corrected chi connectivity index (χ4v) is 4.12. The molecule has 5 nitrogen and oxygen atoms in total. The van der Waals surface area contributed by atoms with Gasteiger partial charge >= 0.3 is 6.09 Å². The van der Waals surface area contributed by atoms with Crippen LogP contribution in [0.15, 0.2) is 42.5 Å². The lowest BCUT2D eigenvalue weighted by Gasteiger charge is -2.45. The molecule has 0 aromatic heterocycles. The first kappa shape index (κ1) is 17.0. The van der Waals surface area contributed by atoms with Crippen molar-refractivity contribution in [1.82, 2.24) is 5.32 Å². The topological polar surface area (TPSA) is 50.8 Å². The van der Waals surface area contributed by atoms with Crippen molar-refractivity contribution in [2.24, 2.45) is 5.92 Å². The van der Waals surface area contributed by atoms with Crippen LogP contribution in [-0.2, 0) is 4.74 Å². The average Bonchev–Trinajstić information content (AvgIpc) is 2.78. The van der Waals surface area contributed by atoms with Crippen molar-refractivity contribution in [3.05, 3.63) is 53.1 Å². The van der Waals surface area contributed by atoms with Gasteiger partial charge in [0, 0.05) is 17.1 Å². The standard InChI is InChI=1S/C20H21ClN2O3/c1-12-9-10-23-15-11-13(21)7-8-17(15)26-16-6-4-3-5-14(16)19(23)18(12)22-20(24)25-2/h3-8,11-12,18-19H,9-10H2,1-2H3,(H,22,24)/t12-,18-,19-/m0/s1. The van der Waals surface area contributed by atoms with E-state index in [1.165, 1.54) is 7.11 Å². The minimum Gasteiger partial charge on any atom is -0.455 e. The lowest BCUT2D eigenvalue weighted by Crippen LogP contribution is -2.53. The number of alkyl carbamates (subject to hydrolysis) is 1. The van der Waals surface area contributed by atoms with Gasteiger partial charge in [-0.05, 0) is 36.6 Å². The van der Waals surface area contributed by atoms with Crippen LogP contribution in [0.5, 0.6) is 11.5 Å². The van der Waals surface area contributed by atoms with Crippen molar-refractivity contribution in [2.75, 3.05) is 18.6 Å². The summed E-state index contributed by atoms with van der Waals surface area (Å²) in [6.07, 6.45) is 0.525. The number of piperidine rings is 1. The fourth-order valence-electron chi connectivity index (χ4n) is 3.95. The van der Waals surface area contributed by atoms with Crippen LogP contribution in [0, 0.1) is 5.92 Å². The molecule has 0 saturated carbocycles. The summed E-state index contributed by atoms with van der Waals surface area (Å²) in [7, 11) is 1.39. The van der Waals surface area contributed by atoms with Crippen LogP contribution in [0.3, 0.4) is 0 Å². The lowest BCUT2D eigenvalue weighted by molar-refractivity contribution is 0.154. The number of hydrogen-bond acceptors (Lipinski definition) is 4. The molecular weight excluding hydrogens is 352 g/mol. The molecule has 136 valence electrons. The van der Waals surface area contributed by atoms with Crippen LogP contribution in [0.1, 0.15) is 24.9 Å². The molecule has 2 aromatic carbocycles. The Morgan fingerprint density at radius 2 is 2.08 bits per heavy atom. The predicted octanol–water partition coefficient (Wildman–Crippen LogP) is 4.76. The molecule has 2 aliphatic rings. The maximum Gasteiger partial charge on any atom is 0.407 e. The third-order valence-corrected chi connectivity index (χ3v) is 5.51. The monoisotopic (exact) mass is 372 g/mol. The zero-order valence-corrected chi connectivity index (χ0v) is 15.5. The van der Waals surface area contributed by atoms with Crippen molar-refractivity contribution < 1.29 is 14.3 Å². The van der Waals surface area contributed by atoms with Gasteiger partial charge in [0.15, 0.2) is 5.75 Å². The number of amides is 1. The summed E-state index contributed by atoms with van der Waals surface area (Å²) >= 11 is 6.27. The average molecular weight is 373 g/mol. The molecule has 1 saturated heterocycles. The Bertz CT molecular complexity index is 842. The summed E-state index contributed by atoms with van der Waals surface area (Å²) in [5, 5.41) is 3.70. The first-order chi connectivity index (χ1) is 12.6. The first-order valence-corrected chi connectivity index (χ1v) is 9.13. The highest BCUT2D eigenvalue weighted by Crippen LogP contribution is 2.49. The number of nitrogens with zero attached hydrogens (tertiary/aromatic N) is 1. The van der Waals surface area contributed by atoms with E-state index in [9.17, 15) is 4.79 Å². The van der Waals surface area contributed by atoms with E-state index < -0.39 is 6.09 Å². The second kappa shape index (κ2) is 6.72. The summed E-state index contributed by atoms with van der Waals surface area (Å²) in [6.45, 7) is 3.02. The van der Waals surface area contributed by atoms with Crippen LogP contribution in [-0.4, -0.2) is 25.8 Å². The molecule has 2 aliphatic heterocycles. The summed E-state index contributed by atoms with van der Waals surface area (Å²) in [4.78, 5) is 14.3. The Morgan fingerprint density at radius 1 is 1.27 bits per heavy atom. The van der Waals surface area contributed by atoms with Crippen molar-refractivity contribution in [1.29, 1.82) is 0 Å². The highest BCUT2D eigenvalue weighted by molar-refractivity contribution is 6.31. The van der Waals surface area contributed by atoms with Crippen molar-refractivity contribution in [3.8, 4) is 11.5 Å². The Kier molecular flexibility index (Phi) is 4.41. The van der Waals surface area contributed by atoms with E-state index in [4.69, 9.17) is 21.1 Å². The molecule has 4 rings (SSSR count). The first-order valence-electron chi connectivity index (χ1n) is 8.76. The Hall–Kier alpha value is -2.40. The largest absolute Gasteiger partial charge is 0.455 e. The molecule has 2 aromatic rings. The fraction of sp³-hybridized carbons (Fsp3) is 0.350. The number of carbonyl (C=O) groups is 1. The van der Waals surface area contributed by atoms with Gasteiger partial charge in [-0.2, -0.15) is 0 Å². The molecule has 26 heavy (non-hydrogen) atoms. The van der Waals surface area contributed by atoms with Crippen LogP contribution in [0.2, 0.25) is 5.02 Å². The summed E-state index contributed by atoms with van der Waals surface area (Å²) in [5.74, 6) is 1.87. The molecule has 3 atom stereocenters. The van der Waals surface area contributed by atoms with Crippen LogP contribution in [0.25, 0.3) is 0 Å². The number of ether oxygens (including phenoxy) is 2. The number of methoxy groups -OCH3 is 1. The van der Waals surface area contributed by atoms with Crippen LogP contribution < -0.4 is 15.0 Å².